The number of aliphatic carboxylic acids is 1. The highest BCUT2D eigenvalue weighted by atomic mass is 79.9. The molecule has 20 heavy (non-hydrogen) atoms. The van der Waals surface area contributed by atoms with Crippen LogP contribution in [0.15, 0.2) is 22.7 Å². The lowest BCUT2D eigenvalue weighted by Crippen LogP contribution is -2.53. The van der Waals surface area contributed by atoms with E-state index < -0.39 is 23.4 Å². The van der Waals surface area contributed by atoms with Crippen LogP contribution in [0.1, 0.15) is 25.7 Å². The maximum atomic E-state index is 13.6. The molecule has 7 heteroatoms. The monoisotopic (exact) mass is 344 g/mol. The first kappa shape index (κ1) is 14.8. The van der Waals surface area contributed by atoms with Crippen molar-refractivity contribution in [3.8, 4) is 0 Å². The van der Waals surface area contributed by atoms with Gasteiger partial charge in [0.05, 0.1) is 5.69 Å². The van der Waals surface area contributed by atoms with Crippen LogP contribution in [0.25, 0.3) is 0 Å². The zero-order valence-corrected chi connectivity index (χ0v) is 12.2. The number of urea groups is 1. The molecule has 108 valence electrons. The van der Waals surface area contributed by atoms with Crippen molar-refractivity contribution < 1.29 is 19.1 Å². The molecule has 1 aromatic carbocycles. The van der Waals surface area contributed by atoms with Crippen LogP contribution in [0.3, 0.4) is 0 Å². The summed E-state index contributed by atoms with van der Waals surface area (Å²) in [5.74, 6) is -1.65. The van der Waals surface area contributed by atoms with E-state index in [9.17, 15) is 19.1 Å². The molecule has 0 spiro atoms. The van der Waals surface area contributed by atoms with E-state index in [-0.39, 0.29) is 5.69 Å². The van der Waals surface area contributed by atoms with Gasteiger partial charge in [0.2, 0.25) is 0 Å². The summed E-state index contributed by atoms with van der Waals surface area (Å²) in [4.78, 5) is 23.2. The van der Waals surface area contributed by atoms with E-state index >= 15 is 0 Å². The second-order valence-corrected chi connectivity index (χ2v) is 5.71. The summed E-state index contributed by atoms with van der Waals surface area (Å²) >= 11 is 3.11. The molecule has 0 radical (unpaired) electrons. The highest BCUT2D eigenvalue weighted by Crippen LogP contribution is 2.30. The highest BCUT2D eigenvalue weighted by Gasteiger charge is 2.42. The summed E-state index contributed by atoms with van der Waals surface area (Å²) < 4.78 is 14.1. The number of hydrogen-bond acceptors (Lipinski definition) is 2. The summed E-state index contributed by atoms with van der Waals surface area (Å²) in [5.41, 5.74) is -1.24. The number of hydrogen-bond donors (Lipinski definition) is 3. The Morgan fingerprint density at radius 1 is 1.30 bits per heavy atom. The van der Waals surface area contributed by atoms with Gasteiger partial charge in [0.15, 0.2) is 0 Å². The van der Waals surface area contributed by atoms with Crippen LogP contribution in [0.2, 0.25) is 0 Å². The van der Waals surface area contributed by atoms with Gasteiger partial charge in [0, 0.05) is 4.47 Å². The Kier molecular flexibility index (Phi) is 4.27. The lowest BCUT2D eigenvalue weighted by atomic mass is 9.98. The molecule has 1 aromatic rings. The minimum absolute atomic E-state index is 0.00392. The smallest absolute Gasteiger partial charge is 0.329 e. The minimum atomic E-state index is -1.24. The number of carbonyl (C=O) groups is 2. The highest BCUT2D eigenvalue weighted by molar-refractivity contribution is 9.10. The molecule has 1 fully saturated rings. The van der Waals surface area contributed by atoms with Gasteiger partial charge in [-0.05, 0) is 31.0 Å². The largest absolute Gasteiger partial charge is 0.480 e. The molecule has 0 unspecified atom stereocenters. The van der Waals surface area contributed by atoms with Crippen LogP contribution in [0, 0.1) is 5.82 Å². The summed E-state index contributed by atoms with van der Waals surface area (Å²) in [6, 6.07) is 3.50. The van der Waals surface area contributed by atoms with Crippen molar-refractivity contribution in [2.75, 3.05) is 5.32 Å². The molecule has 1 aliphatic rings. The summed E-state index contributed by atoms with van der Waals surface area (Å²) in [7, 11) is 0. The van der Waals surface area contributed by atoms with Crippen LogP contribution < -0.4 is 10.6 Å². The topological polar surface area (TPSA) is 78.4 Å². The molecule has 0 aliphatic heterocycles. The van der Waals surface area contributed by atoms with E-state index in [1.807, 2.05) is 0 Å². The molecule has 2 rings (SSSR count). The number of nitrogens with one attached hydrogen (secondary N) is 2. The molecule has 3 N–H and O–H groups in total. The van der Waals surface area contributed by atoms with Crippen molar-refractivity contribution in [1.82, 2.24) is 5.32 Å². The minimum Gasteiger partial charge on any atom is -0.480 e. The average molecular weight is 345 g/mol. The summed E-state index contributed by atoms with van der Waals surface area (Å²) in [5, 5.41) is 14.0. The van der Waals surface area contributed by atoms with Gasteiger partial charge in [-0.2, -0.15) is 0 Å². The Labute approximate surface area is 123 Å². The number of carboxylic acids is 1. The molecule has 2 amide bonds. The Bertz CT molecular complexity index is 544. The van der Waals surface area contributed by atoms with Gasteiger partial charge >= 0.3 is 12.0 Å². The Morgan fingerprint density at radius 2 is 1.95 bits per heavy atom. The first-order chi connectivity index (χ1) is 9.43. The molecule has 0 heterocycles. The molecule has 5 nitrogen and oxygen atoms in total. The molecule has 1 saturated carbocycles. The predicted octanol–water partition coefficient (Wildman–Crippen LogP) is 3.11. The normalized spacial score (nSPS) is 16.7. The van der Waals surface area contributed by atoms with Gasteiger partial charge in [0.1, 0.15) is 11.4 Å². The average Bonchev–Trinajstić information content (AvgIpc) is 2.82. The van der Waals surface area contributed by atoms with Gasteiger partial charge in [-0.3, -0.25) is 0 Å². The molecule has 0 bridgehead atoms. The van der Waals surface area contributed by atoms with Crippen molar-refractivity contribution in [3.05, 3.63) is 28.5 Å². The maximum absolute atomic E-state index is 13.6. The van der Waals surface area contributed by atoms with Crippen molar-refractivity contribution in [2.24, 2.45) is 0 Å². The van der Waals surface area contributed by atoms with E-state index in [0.717, 1.165) is 12.8 Å². The summed E-state index contributed by atoms with van der Waals surface area (Å²) in [6.45, 7) is 0. The number of benzene rings is 1. The van der Waals surface area contributed by atoms with Gasteiger partial charge in [-0.1, -0.05) is 28.8 Å². The molecule has 0 saturated heterocycles. The fourth-order valence-electron chi connectivity index (χ4n) is 2.33. The number of amides is 2. The fourth-order valence-corrected chi connectivity index (χ4v) is 2.67. The van der Waals surface area contributed by atoms with Gasteiger partial charge in [-0.15, -0.1) is 0 Å². The second kappa shape index (κ2) is 5.78. The number of carbonyl (C=O) groups excluding carboxylic acids is 1. The lowest BCUT2D eigenvalue weighted by Gasteiger charge is -2.25. The third-order valence-electron chi connectivity index (χ3n) is 3.40. The predicted molar refractivity (Wildman–Crippen MR) is 75.1 cm³/mol. The standard InChI is InChI=1S/C13H14BrFN2O3/c14-8-3-4-10(9(15)7-8)16-12(20)17-13(11(18)19)5-1-2-6-13/h3-4,7H,1-2,5-6H2,(H,18,19)(H2,16,17,20). The number of halogens is 2. The first-order valence-corrected chi connectivity index (χ1v) is 7.00. The van der Waals surface area contributed by atoms with Gasteiger partial charge in [0.25, 0.3) is 0 Å². The van der Waals surface area contributed by atoms with E-state index in [1.165, 1.54) is 12.1 Å². The zero-order valence-electron chi connectivity index (χ0n) is 10.6. The molecule has 0 aromatic heterocycles. The molecule has 1 aliphatic carbocycles. The number of rotatable bonds is 3. The number of carboxylic acid groups (broad SMARTS) is 1. The lowest BCUT2D eigenvalue weighted by molar-refractivity contribution is -0.144. The molecular formula is C13H14BrFN2O3. The van der Waals surface area contributed by atoms with Crippen molar-refractivity contribution >= 4 is 33.6 Å². The summed E-state index contributed by atoms with van der Waals surface area (Å²) in [6.07, 6.45) is 2.27. The van der Waals surface area contributed by atoms with Crippen molar-refractivity contribution in [1.29, 1.82) is 0 Å². The quantitative estimate of drug-likeness (QED) is 0.788. The Balaban J connectivity index is 2.07. The molecular weight excluding hydrogens is 331 g/mol. The van der Waals surface area contributed by atoms with Crippen LogP contribution in [-0.4, -0.2) is 22.6 Å². The SMILES string of the molecule is O=C(Nc1ccc(Br)cc1F)NC1(C(=O)O)CCCC1. The van der Waals surface area contributed by atoms with Gasteiger partial charge in [-0.25, -0.2) is 14.0 Å². The number of anilines is 1. The van der Waals surface area contributed by atoms with Crippen molar-refractivity contribution in [3.63, 3.8) is 0 Å². The molecule has 0 atom stereocenters. The third kappa shape index (κ3) is 3.09. The van der Waals surface area contributed by atoms with Crippen LogP contribution in [0.4, 0.5) is 14.9 Å². The first-order valence-electron chi connectivity index (χ1n) is 6.20. The van der Waals surface area contributed by atoms with E-state index in [0.29, 0.717) is 17.3 Å². The van der Waals surface area contributed by atoms with Crippen molar-refractivity contribution in [2.45, 2.75) is 31.2 Å². The van der Waals surface area contributed by atoms with Gasteiger partial charge < -0.3 is 15.7 Å². The van der Waals surface area contributed by atoms with E-state index in [1.54, 1.807) is 6.07 Å². The Hall–Kier alpha value is -1.63. The van der Waals surface area contributed by atoms with E-state index in [4.69, 9.17) is 0 Å². The van der Waals surface area contributed by atoms with Crippen LogP contribution >= 0.6 is 15.9 Å². The third-order valence-corrected chi connectivity index (χ3v) is 3.89. The maximum Gasteiger partial charge on any atom is 0.329 e. The second-order valence-electron chi connectivity index (χ2n) is 4.80. The van der Waals surface area contributed by atoms with Crippen LogP contribution in [-0.2, 0) is 4.79 Å². The fraction of sp³-hybridized carbons (Fsp3) is 0.385. The Morgan fingerprint density at radius 3 is 2.50 bits per heavy atom. The van der Waals surface area contributed by atoms with E-state index in [2.05, 4.69) is 26.6 Å². The van der Waals surface area contributed by atoms with Crippen LogP contribution in [0.5, 0.6) is 0 Å². The zero-order chi connectivity index (χ0) is 14.8.